The smallest absolute Gasteiger partial charge is 0.0795 e. The zero-order valence-electron chi connectivity index (χ0n) is 7.99. The van der Waals surface area contributed by atoms with Crippen molar-refractivity contribution in [3.8, 4) is 0 Å². The Labute approximate surface area is 83.4 Å². The number of nitrogens with one attached hydrogen (secondary N) is 1. The molecule has 0 saturated heterocycles. The number of nitrogens with zero attached hydrogens (tertiary/aromatic N) is 1. The third kappa shape index (κ3) is 2.51. The molecule has 0 bridgehead atoms. The van der Waals surface area contributed by atoms with Gasteiger partial charge in [0, 0.05) is 18.0 Å². The third-order valence-electron chi connectivity index (χ3n) is 2.75. The Balaban J connectivity index is 1.74. The third-order valence-corrected chi connectivity index (χ3v) is 3.39. The molecule has 1 aromatic rings. The van der Waals surface area contributed by atoms with Gasteiger partial charge in [0.2, 0.25) is 0 Å². The average Bonchev–Trinajstić information content (AvgIpc) is 2.71. The topological polar surface area (TPSA) is 24.9 Å². The second-order valence-corrected chi connectivity index (χ2v) is 4.69. The van der Waals surface area contributed by atoms with Gasteiger partial charge in [-0.15, -0.1) is 11.3 Å². The highest BCUT2D eigenvalue weighted by Crippen LogP contribution is 2.24. The lowest BCUT2D eigenvalue weighted by molar-refractivity contribution is 0.499. The highest BCUT2D eigenvalue weighted by Gasteiger charge is 2.20. The van der Waals surface area contributed by atoms with E-state index in [2.05, 4.69) is 22.6 Å². The maximum atomic E-state index is 4.25. The van der Waals surface area contributed by atoms with Crippen LogP contribution in [0, 0.1) is 5.92 Å². The fraction of sp³-hybridized carbons (Fsp3) is 0.700. The van der Waals surface area contributed by atoms with Crippen molar-refractivity contribution in [1.82, 2.24) is 10.3 Å². The van der Waals surface area contributed by atoms with Crippen LogP contribution in [0.15, 0.2) is 10.9 Å². The molecule has 2 atom stereocenters. The van der Waals surface area contributed by atoms with Gasteiger partial charge < -0.3 is 5.32 Å². The Morgan fingerprint density at radius 3 is 3.15 bits per heavy atom. The Morgan fingerprint density at radius 2 is 2.54 bits per heavy atom. The maximum absolute atomic E-state index is 4.25. The molecule has 2 rings (SSSR count). The summed E-state index contributed by atoms with van der Waals surface area (Å²) in [5.41, 5.74) is 3.08. The van der Waals surface area contributed by atoms with E-state index in [1.54, 1.807) is 11.3 Å². The van der Waals surface area contributed by atoms with E-state index in [-0.39, 0.29) is 0 Å². The normalized spacial score (nSPS) is 28.1. The molecule has 1 aliphatic rings. The number of aromatic nitrogens is 1. The van der Waals surface area contributed by atoms with E-state index in [1.165, 1.54) is 25.0 Å². The highest BCUT2D eigenvalue weighted by molar-refractivity contribution is 7.07. The van der Waals surface area contributed by atoms with Crippen LogP contribution < -0.4 is 5.32 Å². The van der Waals surface area contributed by atoms with E-state index in [0.717, 1.165) is 18.5 Å². The Bertz CT molecular complexity index is 245. The molecular weight excluding hydrogens is 180 g/mol. The molecule has 72 valence electrons. The molecule has 0 spiro atoms. The molecule has 1 aromatic heterocycles. The van der Waals surface area contributed by atoms with Crippen molar-refractivity contribution in [1.29, 1.82) is 0 Å². The molecule has 2 nitrogen and oxygen atoms in total. The van der Waals surface area contributed by atoms with Crippen LogP contribution in [0.5, 0.6) is 0 Å². The van der Waals surface area contributed by atoms with Crippen molar-refractivity contribution in [3.63, 3.8) is 0 Å². The first-order valence-corrected chi connectivity index (χ1v) is 5.89. The Hall–Kier alpha value is -0.410. The number of rotatable bonds is 3. The van der Waals surface area contributed by atoms with Crippen LogP contribution in [-0.4, -0.2) is 11.0 Å². The highest BCUT2D eigenvalue weighted by atomic mass is 32.1. The monoisotopic (exact) mass is 196 g/mol. The Kier molecular flexibility index (Phi) is 2.96. The molecule has 13 heavy (non-hydrogen) atoms. The van der Waals surface area contributed by atoms with E-state index < -0.39 is 0 Å². The number of thiazole rings is 1. The summed E-state index contributed by atoms with van der Waals surface area (Å²) in [6.07, 6.45) is 4.06. The second kappa shape index (κ2) is 4.20. The maximum Gasteiger partial charge on any atom is 0.0795 e. The molecule has 1 N–H and O–H groups in total. The lowest BCUT2D eigenvalue weighted by Crippen LogP contribution is -2.25. The van der Waals surface area contributed by atoms with Crippen molar-refractivity contribution < 1.29 is 0 Å². The van der Waals surface area contributed by atoms with Crippen LogP contribution in [0.3, 0.4) is 0 Å². The summed E-state index contributed by atoms with van der Waals surface area (Å²) in [6.45, 7) is 3.28. The predicted octanol–water partition coefficient (Wildman–Crippen LogP) is 2.42. The van der Waals surface area contributed by atoms with Gasteiger partial charge in [-0.3, -0.25) is 0 Å². The second-order valence-electron chi connectivity index (χ2n) is 3.98. The van der Waals surface area contributed by atoms with Crippen LogP contribution in [-0.2, 0) is 6.54 Å². The van der Waals surface area contributed by atoms with E-state index in [9.17, 15) is 0 Å². The summed E-state index contributed by atoms with van der Waals surface area (Å²) in [4.78, 5) is 4.25. The first kappa shape index (κ1) is 9.16. The largest absolute Gasteiger partial charge is 0.308 e. The SMILES string of the molecule is CC1CCC(NCc2cscn2)C1. The fourth-order valence-corrected chi connectivity index (χ4v) is 2.52. The van der Waals surface area contributed by atoms with Crippen LogP contribution in [0.4, 0.5) is 0 Å². The average molecular weight is 196 g/mol. The lowest BCUT2D eigenvalue weighted by Gasteiger charge is -2.10. The molecule has 1 saturated carbocycles. The van der Waals surface area contributed by atoms with Crippen molar-refractivity contribution in [2.75, 3.05) is 0 Å². The van der Waals surface area contributed by atoms with Gasteiger partial charge in [0.1, 0.15) is 0 Å². The van der Waals surface area contributed by atoms with E-state index in [0.29, 0.717) is 0 Å². The minimum Gasteiger partial charge on any atom is -0.308 e. The Morgan fingerprint density at radius 1 is 1.62 bits per heavy atom. The summed E-state index contributed by atoms with van der Waals surface area (Å²) < 4.78 is 0. The van der Waals surface area contributed by atoms with Crippen molar-refractivity contribution in [2.24, 2.45) is 5.92 Å². The van der Waals surface area contributed by atoms with Crippen LogP contribution >= 0.6 is 11.3 Å². The summed E-state index contributed by atoms with van der Waals surface area (Å²) >= 11 is 1.67. The summed E-state index contributed by atoms with van der Waals surface area (Å²) in [5.74, 6) is 0.910. The van der Waals surface area contributed by atoms with Gasteiger partial charge in [0.05, 0.1) is 11.2 Å². The van der Waals surface area contributed by atoms with Gasteiger partial charge in [0.25, 0.3) is 0 Å². The van der Waals surface area contributed by atoms with E-state index in [4.69, 9.17) is 0 Å². The van der Waals surface area contributed by atoms with Gasteiger partial charge in [0.15, 0.2) is 0 Å². The van der Waals surface area contributed by atoms with E-state index >= 15 is 0 Å². The van der Waals surface area contributed by atoms with Crippen LogP contribution in [0.1, 0.15) is 31.9 Å². The molecule has 2 unspecified atom stereocenters. The minimum absolute atomic E-state index is 0.733. The van der Waals surface area contributed by atoms with Gasteiger partial charge in [-0.2, -0.15) is 0 Å². The molecule has 0 amide bonds. The molecule has 1 aliphatic carbocycles. The molecular formula is C10H16N2S. The van der Waals surface area contributed by atoms with E-state index in [1.807, 2.05) is 5.51 Å². The van der Waals surface area contributed by atoms with Crippen molar-refractivity contribution in [2.45, 2.75) is 38.8 Å². The molecule has 0 aromatic carbocycles. The quantitative estimate of drug-likeness (QED) is 0.803. The summed E-state index contributed by atoms with van der Waals surface area (Å²) in [6, 6.07) is 0.733. The molecule has 0 radical (unpaired) electrons. The van der Waals surface area contributed by atoms with Gasteiger partial charge in [-0.1, -0.05) is 6.92 Å². The molecule has 3 heteroatoms. The number of hydrogen-bond donors (Lipinski definition) is 1. The molecule has 1 heterocycles. The zero-order chi connectivity index (χ0) is 9.10. The molecule has 1 fully saturated rings. The predicted molar refractivity (Wildman–Crippen MR) is 55.8 cm³/mol. The van der Waals surface area contributed by atoms with Gasteiger partial charge in [-0.25, -0.2) is 4.98 Å². The zero-order valence-corrected chi connectivity index (χ0v) is 8.81. The first-order chi connectivity index (χ1) is 6.34. The summed E-state index contributed by atoms with van der Waals surface area (Å²) in [5, 5.41) is 5.68. The van der Waals surface area contributed by atoms with Gasteiger partial charge >= 0.3 is 0 Å². The van der Waals surface area contributed by atoms with Crippen LogP contribution in [0.2, 0.25) is 0 Å². The first-order valence-electron chi connectivity index (χ1n) is 4.95. The fourth-order valence-electron chi connectivity index (χ4n) is 1.97. The van der Waals surface area contributed by atoms with Crippen molar-refractivity contribution >= 4 is 11.3 Å². The lowest BCUT2D eigenvalue weighted by atomic mass is 10.1. The number of hydrogen-bond acceptors (Lipinski definition) is 3. The van der Waals surface area contributed by atoms with Gasteiger partial charge in [-0.05, 0) is 25.2 Å². The molecule has 0 aliphatic heterocycles. The minimum atomic E-state index is 0.733. The van der Waals surface area contributed by atoms with Crippen molar-refractivity contribution in [3.05, 3.63) is 16.6 Å². The summed E-state index contributed by atoms with van der Waals surface area (Å²) in [7, 11) is 0. The van der Waals surface area contributed by atoms with Crippen LogP contribution in [0.25, 0.3) is 0 Å². The standard InChI is InChI=1S/C10H16N2S/c1-8-2-3-9(4-8)11-5-10-6-13-7-12-10/h6-9,11H,2-5H2,1H3.